The fourth-order valence-electron chi connectivity index (χ4n) is 2.24. The van der Waals surface area contributed by atoms with Gasteiger partial charge in [0.15, 0.2) is 6.61 Å². The molecule has 0 saturated heterocycles. The largest absolute Gasteiger partial charge is 0.452 e. The Morgan fingerprint density at radius 2 is 1.67 bits per heavy atom. The summed E-state index contributed by atoms with van der Waals surface area (Å²) in [6.45, 7) is 2.71. The van der Waals surface area contributed by atoms with Gasteiger partial charge >= 0.3 is 12.0 Å². The molecule has 0 aliphatic carbocycles. The lowest BCUT2D eigenvalue weighted by Crippen LogP contribution is -2.44. The van der Waals surface area contributed by atoms with E-state index in [1.807, 2.05) is 5.32 Å². The minimum Gasteiger partial charge on any atom is -0.452 e. The van der Waals surface area contributed by atoms with Crippen LogP contribution in [0.25, 0.3) is 0 Å². The summed E-state index contributed by atoms with van der Waals surface area (Å²) in [5.41, 5.74) is -0.134. The highest BCUT2D eigenvalue weighted by Crippen LogP contribution is 2.22. The van der Waals surface area contributed by atoms with Gasteiger partial charge in [-0.25, -0.2) is 18.0 Å². The van der Waals surface area contributed by atoms with Crippen LogP contribution in [-0.2, 0) is 19.6 Å². The molecule has 30 heavy (non-hydrogen) atoms. The fraction of sp³-hybridized carbons (Fsp3) is 0.211. The molecule has 0 fully saturated rings. The Hall–Kier alpha value is -3.11. The van der Waals surface area contributed by atoms with Crippen molar-refractivity contribution in [2.24, 2.45) is 0 Å². The summed E-state index contributed by atoms with van der Waals surface area (Å²) < 4.78 is 32.3. The molecule has 0 atom stereocenters. The summed E-state index contributed by atoms with van der Waals surface area (Å²) in [7, 11) is -3.99. The maximum absolute atomic E-state index is 12.5. The van der Waals surface area contributed by atoms with Crippen LogP contribution in [0.4, 0.5) is 10.5 Å². The molecule has 2 rings (SSSR count). The fourth-order valence-corrected chi connectivity index (χ4v) is 3.44. The van der Waals surface area contributed by atoms with E-state index in [9.17, 15) is 22.8 Å². The Morgan fingerprint density at radius 1 is 1.03 bits per heavy atom. The Balaban J connectivity index is 2.07. The number of sulfonamides is 1. The molecule has 0 aliphatic heterocycles. The first kappa shape index (κ1) is 23.2. The number of carbonyl (C=O) groups excluding carboxylic acids is 3. The first-order valence-corrected chi connectivity index (χ1v) is 10.6. The number of rotatable bonds is 7. The maximum Gasteiger partial charge on any atom is 0.340 e. The SMILES string of the molecule is CC(C)NC(=O)NC(=O)COC(=O)c1ccccc1NS(=O)(=O)c1ccc(Cl)cc1. The van der Waals surface area contributed by atoms with Crippen LogP contribution < -0.4 is 15.4 Å². The summed E-state index contributed by atoms with van der Waals surface area (Å²) >= 11 is 5.77. The van der Waals surface area contributed by atoms with Crippen LogP contribution in [-0.4, -0.2) is 39.0 Å². The van der Waals surface area contributed by atoms with Crippen LogP contribution in [0, 0.1) is 0 Å². The number of hydrogen-bond acceptors (Lipinski definition) is 6. The van der Waals surface area contributed by atoms with Crippen molar-refractivity contribution in [3.63, 3.8) is 0 Å². The molecule has 0 bridgehead atoms. The number of imide groups is 1. The number of carbonyl (C=O) groups is 3. The second-order valence-corrected chi connectivity index (χ2v) is 8.48. The van der Waals surface area contributed by atoms with Crippen molar-refractivity contribution in [1.82, 2.24) is 10.6 Å². The van der Waals surface area contributed by atoms with Gasteiger partial charge in [-0.1, -0.05) is 23.7 Å². The van der Waals surface area contributed by atoms with Crippen LogP contribution in [0.2, 0.25) is 5.02 Å². The third-order valence-electron chi connectivity index (χ3n) is 3.52. The van der Waals surface area contributed by atoms with E-state index in [2.05, 4.69) is 10.0 Å². The molecule has 9 nitrogen and oxygen atoms in total. The molecule has 2 aromatic carbocycles. The number of hydrogen-bond donors (Lipinski definition) is 3. The Kier molecular flexibility index (Phi) is 7.79. The number of nitrogens with one attached hydrogen (secondary N) is 3. The zero-order valence-corrected chi connectivity index (χ0v) is 17.7. The van der Waals surface area contributed by atoms with Crippen molar-refractivity contribution in [2.75, 3.05) is 11.3 Å². The van der Waals surface area contributed by atoms with Crippen LogP contribution in [0.1, 0.15) is 24.2 Å². The molecule has 160 valence electrons. The van der Waals surface area contributed by atoms with E-state index in [1.165, 1.54) is 48.5 Å². The van der Waals surface area contributed by atoms with Gasteiger partial charge in [0.05, 0.1) is 16.1 Å². The normalized spacial score (nSPS) is 10.9. The van der Waals surface area contributed by atoms with Crippen LogP contribution >= 0.6 is 11.6 Å². The third kappa shape index (κ3) is 6.75. The van der Waals surface area contributed by atoms with E-state index in [1.54, 1.807) is 13.8 Å². The van der Waals surface area contributed by atoms with Gasteiger partial charge in [-0.2, -0.15) is 0 Å². The Labute approximate surface area is 178 Å². The van der Waals surface area contributed by atoms with Crippen molar-refractivity contribution >= 4 is 45.2 Å². The summed E-state index contributed by atoms with van der Waals surface area (Å²) in [6, 6.07) is 10.3. The minimum absolute atomic E-state index is 0.0320. The zero-order valence-electron chi connectivity index (χ0n) is 16.1. The average molecular weight is 454 g/mol. The lowest BCUT2D eigenvalue weighted by Gasteiger charge is -2.13. The van der Waals surface area contributed by atoms with Crippen LogP contribution in [0.5, 0.6) is 0 Å². The molecule has 0 unspecified atom stereocenters. The molecule has 11 heteroatoms. The van der Waals surface area contributed by atoms with Gasteiger partial charge in [0, 0.05) is 11.1 Å². The highest BCUT2D eigenvalue weighted by molar-refractivity contribution is 7.92. The molecule has 0 radical (unpaired) electrons. The average Bonchev–Trinajstić information content (AvgIpc) is 2.66. The molecular weight excluding hydrogens is 434 g/mol. The first-order chi connectivity index (χ1) is 14.1. The van der Waals surface area contributed by atoms with E-state index in [-0.39, 0.29) is 22.2 Å². The third-order valence-corrected chi connectivity index (χ3v) is 5.16. The van der Waals surface area contributed by atoms with Gasteiger partial charge in [0.2, 0.25) is 0 Å². The second kappa shape index (κ2) is 10.1. The topological polar surface area (TPSA) is 131 Å². The highest BCUT2D eigenvalue weighted by Gasteiger charge is 2.20. The number of urea groups is 1. The lowest BCUT2D eigenvalue weighted by atomic mass is 10.2. The van der Waals surface area contributed by atoms with Crippen LogP contribution in [0.15, 0.2) is 53.4 Å². The number of ether oxygens (including phenoxy) is 1. The molecule has 0 aromatic heterocycles. The predicted octanol–water partition coefficient (Wildman–Crippen LogP) is 2.53. The number of benzene rings is 2. The van der Waals surface area contributed by atoms with Gasteiger partial charge in [-0.05, 0) is 50.2 Å². The number of esters is 1. The highest BCUT2D eigenvalue weighted by atomic mass is 35.5. The van der Waals surface area contributed by atoms with E-state index in [0.717, 1.165) is 0 Å². The molecular formula is C19H20ClN3O6S. The molecule has 3 N–H and O–H groups in total. The summed E-state index contributed by atoms with van der Waals surface area (Å²) in [4.78, 5) is 35.5. The standard InChI is InChI=1S/C19H20ClN3O6S/c1-12(2)21-19(26)22-17(24)11-29-18(25)15-5-3-4-6-16(15)23-30(27,28)14-9-7-13(20)8-10-14/h3-10,12,23H,11H2,1-2H3,(H2,21,22,24,26). The van der Waals surface area contributed by atoms with E-state index < -0.39 is 34.5 Å². The Morgan fingerprint density at radius 3 is 2.30 bits per heavy atom. The Bertz CT molecular complexity index is 1040. The van der Waals surface area contributed by atoms with Gasteiger partial charge < -0.3 is 10.1 Å². The monoisotopic (exact) mass is 453 g/mol. The minimum atomic E-state index is -3.99. The molecule has 0 aliphatic rings. The number of amides is 3. The van der Waals surface area contributed by atoms with Gasteiger partial charge in [-0.3, -0.25) is 14.8 Å². The van der Waals surface area contributed by atoms with E-state index in [0.29, 0.717) is 5.02 Å². The van der Waals surface area contributed by atoms with Crippen molar-refractivity contribution in [2.45, 2.75) is 24.8 Å². The quantitative estimate of drug-likeness (QED) is 0.552. The summed E-state index contributed by atoms with van der Waals surface area (Å²) in [5.74, 6) is -1.77. The van der Waals surface area contributed by atoms with Crippen LogP contribution in [0.3, 0.4) is 0 Å². The second-order valence-electron chi connectivity index (χ2n) is 6.36. The van der Waals surface area contributed by atoms with Gasteiger partial charge in [-0.15, -0.1) is 0 Å². The molecule has 0 heterocycles. The van der Waals surface area contributed by atoms with Crippen molar-refractivity contribution in [3.05, 3.63) is 59.1 Å². The van der Waals surface area contributed by atoms with Gasteiger partial charge in [0.25, 0.3) is 15.9 Å². The van der Waals surface area contributed by atoms with Crippen molar-refractivity contribution in [3.8, 4) is 0 Å². The van der Waals surface area contributed by atoms with Crippen molar-refractivity contribution in [1.29, 1.82) is 0 Å². The molecule has 0 spiro atoms. The summed E-state index contributed by atoms with van der Waals surface area (Å²) in [5, 5.41) is 4.83. The smallest absolute Gasteiger partial charge is 0.340 e. The van der Waals surface area contributed by atoms with E-state index >= 15 is 0 Å². The summed E-state index contributed by atoms with van der Waals surface area (Å²) in [6.07, 6.45) is 0. The zero-order chi connectivity index (χ0) is 22.3. The van der Waals surface area contributed by atoms with Crippen molar-refractivity contribution < 1.29 is 27.5 Å². The van der Waals surface area contributed by atoms with E-state index in [4.69, 9.17) is 16.3 Å². The number of halogens is 1. The van der Waals surface area contributed by atoms with Gasteiger partial charge in [0.1, 0.15) is 0 Å². The lowest BCUT2D eigenvalue weighted by molar-refractivity contribution is -0.123. The molecule has 3 amide bonds. The number of para-hydroxylation sites is 1. The maximum atomic E-state index is 12.5. The molecule has 2 aromatic rings. The predicted molar refractivity (Wildman–Crippen MR) is 111 cm³/mol. The number of anilines is 1. The molecule has 0 saturated carbocycles. The first-order valence-electron chi connectivity index (χ1n) is 8.73.